The SMILES string of the molecule is CCCCCCCCCCC(CCCCCCCC)COC(=O)CCCCCCC(C)C. The summed E-state index contributed by atoms with van der Waals surface area (Å²) in [5.41, 5.74) is 0. The van der Waals surface area contributed by atoms with Gasteiger partial charge in [-0.2, -0.15) is 0 Å². The van der Waals surface area contributed by atoms with Crippen LogP contribution in [0.4, 0.5) is 0 Å². The van der Waals surface area contributed by atoms with Crippen LogP contribution < -0.4 is 0 Å². The summed E-state index contributed by atoms with van der Waals surface area (Å²) < 4.78 is 5.73. The van der Waals surface area contributed by atoms with E-state index in [4.69, 9.17) is 4.74 Å². The molecule has 2 nitrogen and oxygen atoms in total. The molecule has 2 heteroatoms. The molecule has 0 bridgehead atoms. The third kappa shape index (κ3) is 24.1. The predicted molar refractivity (Wildman–Crippen MR) is 142 cm³/mol. The van der Waals surface area contributed by atoms with Gasteiger partial charge in [0.2, 0.25) is 0 Å². The normalized spacial score (nSPS) is 12.4. The van der Waals surface area contributed by atoms with Crippen LogP contribution in [0.25, 0.3) is 0 Å². The van der Waals surface area contributed by atoms with E-state index in [1.165, 1.54) is 128 Å². The molecule has 0 aliphatic rings. The fraction of sp³-hybridized carbons (Fsp3) is 0.967. The largest absolute Gasteiger partial charge is 0.465 e. The molecule has 0 aliphatic carbocycles. The summed E-state index contributed by atoms with van der Waals surface area (Å²) in [5.74, 6) is 1.42. The van der Waals surface area contributed by atoms with Gasteiger partial charge in [-0.1, -0.05) is 143 Å². The second kappa shape index (κ2) is 25.1. The van der Waals surface area contributed by atoms with E-state index in [1.54, 1.807) is 0 Å². The second-order valence-corrected chi connectivity index (χ2v) is 10.7. The van der Waals surface area contributed by atoms with Crippen LogP contribution in [0.3, 0.4) is 0 Å². The van der Waals surface area contributed by atoms with Gasteiger partial charge in [-0.05, 0) is 31.1 Å². The van der Waals surface area contributed by atoms with Crippen molar-refractivity contribution < 1.29 is 9.53 Å². The summed E-state index contributed by atoms with van der Waals surface area (Å²) in [6.07, 6.45) is 28.2. The first-order valence-corrected chi connectivity index (χ1v) is 14.8. The summed E-state index contributed by atoms with van der Waals surface area (Å²) in [5, 5.41) is 0. The summed E-state index contributed by atoms with van der Waals surface area (Å²) in [4.78, 5) is 12.2. The minimum Gasteiger partial charge on any atom is -0.465 e. The minimum atomic E-state index is 0.0396. The third-order valence-corrected chi connectivity index (χ3v) is 6.82. The Morgan fingerprint density at radius 1 is 0.562 bits per heavy atom. The Morgan fingerprint density at radius 3 is 1.44 bits per heavy atom. The Bertz CT molecular complexity index is 377. The molecule has 0 amide bonds. The molecule has 0 N–H and O–H groups in total. The molecule has 0 spiro atoms. The van der Waals surface area contributed by atoms with Crippen molar-refractivity contribution in [2.75, 3.05) is 6.61 Å². The molecule has 0 aromatic heterocycles. The monoisotopic (exact) mass is 452 g/mol. The van der Waals surface area contributed by atoms with Crippen LogP contribution in [0.15, 0.2) is 0 Å². The molecule has 0 saturated carbocycles. The van der Waals surface area contributed by atoms with E-state index < -0.39 is 0 Å². The lowest BCUT2D eigenvalue weighted by Crippen LogP contribution is -2.14. The van der Waals surface area contributed by atoms with Gasteiger partial charge in [0, 0.05) is 6.42 Å². The van der Waals surface area contributed by atoms with Gasteiger partial charge in [0.1, 0.15) is 0 Å². The summed E-state index contributed by atoms with van der Waals surface area (Å²) in [7, 11) is 0. The maximum absolute atomic E-state index is 12.2. The summed E-state index contributed by atoms with van der Waals surface area (Å²) in [6, 6.07) is 0. The predicted octanol–water partition coefficient (Wildman–Crippen LogP) is 10.4. The van der Waals surface area contributed by atoms with Crippen molar-refractivity contribution in [3.8, 4) is 0 Å². The zero-order valence-corrected chi connectivity index (χ0v) is 22.7. The number of ether oxygens (including phenoxy) is 1. The number of unbranched alkanes of at least 4 members (excludes halogenated alkanes) is 15. The van der Waals surface area contributed by atoms with Crippen LogP contribution in [-0.4, -0.2) is 12.6 Å². The quantitative estimate of drug-likeness (QED) is 0.102. The summed E-state index contributed by atoms with van der Waals surface area (Å²) in [6.45, 7) is 9.79. The molecule has 0 saturated heterocycles. The molecule has 0 aromatic rings. The number of carbonyl (C=O) groups is 1. The van der Waals surface area contributed by atoms with Gasteiger partial charge in [-0.15, -0.1) is 0 Å². The third-order valence-electron chi connectivity index (χ3n) is 6.82. The maximum atomic E-state index is 12.2. The van der Waals surface area contributed by atoms with E-state index in [1.807, 2.05) is 0 Å². The van der Waals surface area contributed by atoms with Crippen molar-refractivity contribution >= 4 is 5.97 Å². The van der Waals surface area contributed by atoms with Crippen molar-refractivity contribution in [1.29, 1.82) is 0 Å². The Balaban J connectivity index is 3.99. The first-order valence-electron chi connectivity index (χ1n) is 14.8. The van der Waals surface area contributed by atoms with E-state index in [9.17, 15) is 4.79 Å². The highest BCUT2D eigenvalue weighted by Gasteiger charge is 2.12. The fourth-order valence-corrected chi connectivity index (χ4v) is 4.55. The Kier molecular flexibility index (Phi) is 24.7. The van der Waals surface area contributed by atoms with Gasteiger partial charge >= 0.3 is 5.97 Å². The number of esters is 1. The van der Waals surface area contributed by atoms with E-state index in [2.05, 4.69) is 27.7 Å². The van der Waals surface area contributed by atoms with Crippen LogP contribution >= 0.6 is 0 Å². The number of rotatable bonds is 25. The molecular formula is C30H60O2. The van der Waals surface area contributed by atoms with Crippen molar-refractivity contribution in [1.82, 2.24) is 0 Å². The fourth-order valence-electron chi connectivity index (χ4n) is 4.55. The first-order chi connectivity index (χ1) is 15.6. The van der Waals surface area contributed by atoms with E-state index in [-0.39, 0.29) is 5.97 Å². The minimum absolute atomic E-state index is 0.0396. The molecular weight excluding hydrogens is 392 g/mol. The van der Waals surface area contributed by atoms with E-state index in [0.29, 0.717) is 18.9 Å². The lowest BCUT2D eigenvalue weighted by atomic mass is 9.94. The number of hydrogen-bond donors (Lipinski definition) is 0. The van der Waals surface area contributed by atoms with Gasteiger partial charge < -0.3 is 4.74 Å². The second-order valence-electron chi connectivity index (χ2n) is 10.7. The molecule has 0 aliphatic heterocycles. The average Bonchev–Trinajstić information content (AvgIpc) is 2.77. The van der Waals surface area contributed by atoms with Crippen molar-refractivity contribution in [2.24, 2.45) is 11.8 Å². The van der Waals surface area contributed by atoms with Crippen LogP contribution in [-0.2, 0) is 9.53 Å². The maximum Gasteiger partial charge on any atom is 0.305 e. The van der Waals surface area contributed by atoms with Crippen LogP contribution in [0.1, 0.15) is 169 Å². The van der Waals surface area contributed by atoms with Crippen molar-refractivity contribution in [2.45, 2.75) is 169 Å². The lowest BCUT2D eigenvalue weighted by Gasteiger charge is -2.17. The molecule has 0 radical (unpaired) electrons. The van der Waals surface area contributed by atoms with Gasteiger partial charge in [-0.3, -0.25) is 4.79 Å². The molecule has 0 fully saturated rings. The van der Waals surface area contributed by atoms with Crippen LogP contribution in [0, 0.1) is 11.8 Å². The van der Waals surface area contributed by atoms with E-state index >= 15 is 0 Å². The van der Waals surface area contributed by atoms with Gasteiger partial charge in [-0.25, -0.2) is 0 Å². The molecule has 32 heavy (non-hydrogen) atoms. The zero-order chi connectivity index (χ0) is 23.7. The van der Waals surface area contributed by atoms with Gasteiger partial charge in [0.05, 0.1) is 6.61 Å². The lowest BCUT2D eigenvalue weighted by molar-refractivity contribution is -0.145. The molecule has 0 heterocycles. The highest BCUT2D eigenvalue weighted by molar-refractivity contribution is 5.69. The Morgan fingerprint density at radius 2 is 0.969 bits per heavy atom. The molecule has 1 atom stereocenters. The molecule has 1 unspecified atom stereocenters. The van der Waals surface area contributed by atoms with Gasteiger partial charge in [0.15, 0.2) is 0 Å². The molecule has 0 rings (SSSR count). The first kappa shape index (κ1) is 31.5. The van der Waals surface area contributed by atoms with E-state index in [0.717, 1.165) is 12.3 Å². The topological polar surface area (TPSA) is 26.3 Å². The summed E-state index contributed by atoms with van der Waals surface area (Å²) >= 11 is 0. The zero-order valence-electron chi connectivity index (χ0n) is 22.7. The van der Waals surface area contributed by atoms with Gasteiger partial charge in [0.25, 0.3) is 0 Å². The highest BCUT2D eigenvalue weighted by atomic mass is 16.5. The van der Waals surface area contributed by atoms with Crippen LogP contribution in [0.2, 0.25) is 0 Å². The molecule has 0 aromatic carbocycles. The van der Waals surface area contributed by atoms with Crippen molar-refractivity contribution in [3.63, 3.8) is 0 Å². The van der Waals surface area contributed by atoms with Crippen molar-refractivity contribution in [3.05, 3.63) is 0 Å². The standard InChI is InChI=1S/C30H60O2/c1-5-7-9-11-13-14-16-21-25-29(24-20-15-12-10-8-6-2)27-32-30(31)26-22-18-17-19-23-28(3)4/h28-29H,5-27H2,1-4H3. The molecule has 192 valence electrons. The Hall–Kier alpha value is -0.530. The number of carbonyl (C=O) groups excluding carboxylic acids is 1. The van der Waals surface area contributed by atoms with Crippen LogP contribution in [0.5, 0.6) is 0 Å². The average molecular weight is 453 g/mol. The highest BCUT2D eigenvalue weighted by Crippen LogP contribution is 2.20. The number of hydrogen-bond acceptors (Lipinski definition) is 2. The smallest absolute Gasteiger partial charge is 0.305 e. The Labute approximate surface area is 203 Å².